The van der Waals surface area contributed by atoms with E-state index in [9.17, 15) is 9.59 Å². The van der Waals surface area contributed by atoms with Crippen molar-refractivity contribution in [2.75, 3.05) is 24.0 Å². The summed E-state index contributed by atoms with van der Waals surface area (Å²) in [5.74, 6) is 1.08. The lowest BCUT2D eigenvalue weighted by Crippen LogP contribution is -2.45. The molecule has 0 saturated carbocycles. The predicted molar refractivity (Wildman–Crippen MR) is 125 cm³/mol. The fraction of sp³-hybridized carbons (Fsp3) is 0.304. The summed E-state index contributed by atoms with van der Waals surface area (Å²) in [6.45, 7) is 2.79. The number of fused-ring (bicyclic) bond motifs is 1. The third kappa shape index (κ3) is 4.47. The molecule has 0 radical (unpaired) electrons. The largest absolute Gasteiger partial charge is 0.454 e. The van der Waals surface area contributed by atoms with Crippen LogP contribution in [0.4, 0.5) is 15.6 Å². The lowest BCUT2D eigenvalue weighted by atomic mass is 10.1. The van der Waals surface area contributed by atoms with Crippen molar-refractivity contribution in [1.82, 2.24) is 15.1 Å². The molecule has 3 amide bonds. The van der Waals surface area contributed by atoms with Crippen LogP contribution in [-0.2, 0) is 11.2 Å². The highest BCUT2D eigenvalue weighted by atomic mass is 32.1. The first kappa shape index (κ1) is 21.2. The maximum atomic E-state index is 13.0. The Hall–Kier alpha value is -3.66. The number of urea groups is 1. The Morgan fingerprint density at radius 1 is 1.12 bits per heavy atom. The quantitative estimate of drug-likeness (QED) is 0.587. The molecule has 5 rings (SSSR count). The first-order valence-corrected chi connectivity index (χ1v) is 11.6. The van der Waals surface area contributed by atoms with E-state index in [1.165, 1.54) is 11.3 Å². The van der Waals surface area contributed by atoms with Crippen molar-refractivity contribution in [2.24, 2.45) is 0 Å². The number of aryl methyl sites for hydroxylation is 1. The SMILES string of the molecule is CCc1cccc(NC(=O)N2CCCC2C(=O)Nc2nnc(-c3ccc4c(c3)OCO4)s2)c1. The van der Waals surface area contributed by atoms with Crippen molar-refractivity contribution >= 4 is 34.1 Å². The number of likely N-dealkylation sites (tertiary alicyclic amines) is 1. The number of anilines is 2. The molecule has 0 aliphatic carbocycles. The summed E-state index contributed by atoms with van der Waals surface area (Å²) in [6, 6.07) is 12.4. The minimum atomic E-state index is -0.558. The van der Waals surface area contributed by atoms with Crippen molar-refractivity contribution in [3.63, 3.8) is 0 Å². The third-order valence-electron chi connectivity index (χ3n) is 5.68. The van der Waals surface area contributed by atoms with Crippen LogP contribution in [0.1, 0.15) is 25.3 Å². The van der Waals surface area contributed by atoms with Crippen LogP contribution in [0.25, 0.3) is 10.6 Å². The molecular weight excluding hydrogens is 442 g/mol. The zero-order valence-corrected chi connectivity index (χ0v) is 18.9. The summed E-state index contributed by atoms with van der Waals surface area (Å²) >= 11 is 1.27. The monoisotopic (exact) mass is 465 g/mol. The van der Waals surface area contributed by atoms with Crippen molar-refractivity contribution in [2.45, 2.75) is 32.2 Å². The topological polar surface area (TPSA) is 106 Å². The summed E-state index contributed by atoms with van der Waals surface area (Å²) in [6.07, 6.45) is 2.25. The van der Waals surface area contributed by atoms with E-state index in [-0.39, 0.29) is 18.7 Å². The van der Waals surface area contributed by atoms with E-state index >= 15 is 0 Å². The van der Waals surface area contributed by atoms with Crippen molar-refractivity contribution in [1.29, 1.82) is 0 Å². The Morgan fingerprint density at radius 3 is 2.88 bits per heavy atom. The highest BCUT2D eigenvalue weighted by molar-refractivity contribution is 7.18. The van der Waals surface area contributed by atoms with Crippen molar-refractivity contribution in [3.8, 4) is 22.1 Å². The first-order valence-electron chi connectivity index (χ1n) is 10.8. The van der Waals surface area contributed by atoms with Gasteiger partial charge in [0.15, 0.2) is 11.5 Å². The lowest BCUT2D eigenvalue weighted by molar-refractivity contribution is -0.119. The van der Waals surface area contributed by atoms with Crippen molar-refractivity contribution < 1.29 is 19.1 Å². The number of amides is 3. The zero-order chi connectivity index (χ0) is 22.8. The van der Waals surface area contributed by atoms with Crippen LogP contribution in [0.2, 0.25) is 0 Å². The lowest BCUT2D eigenvalue weighted by Gasteiger charge is -2.24. The molecule has 10 heteroatoms. The van der Waals surface area contributed by atoms with E-state index in [0.29, 0.717) is 34.6 Å². The van der Waals surface area contributed by atoms with Crippen LogP contribution in [0.3, 0.4) is 0 Å². The predicted octanol–water partition coefficient (Wildman–Crippen LogP) is 4.13. The smallest absolute Gasteiger partial charge is 0.322 e. The number of carbonyl (C=O) groups is 2. The van der Waals surface area contributed by atoms with E-state index < -0.39 is 6.04 Å². The minimum Gasteiger partial charge on any atom is -0.454 e. The molecule has 3 heterocycles. The van der Waals surface area contributed by atoms with Crippen LogP contribution in [0.5, 0.6) is 11.5 Å². The second-order valence-corrected chi connectivity index (χ2v) is 8.78. The molecular formula is C23H23N5O4S. The van der Waals surface area contributed by atoms with E-state index in [0.717, 1.165) is 29.7 Å². The maximum Gasteiger partial charge on any atom is 0.322 e. The Balaban J connectivity index is 1.24. The second-order valence-electron chi connectivity index (χ2n) is 7.81. The van der Waals surface area contributed by atoms with Gasteiger partial charge in [-0.1, -0.05) is 30.4 Å². The van der Waals surface area contributed by atoms with Crippen molar-refractivity contribution in [3.05, 3.63) is 48.0 Å². The van der Waals surface area contributed by atoms with Gasteiger partial charge in [-0.15, -0.1) is 10.2 Å². The molecule has 1 aromatic heterocycles. The standard InChI is InChI=1S/C23H23N5O4S/c1-2-14-5-3-6-16(11-14)24-23(30)28-10-4-7-17(28)20(29)25-22-27-26-21(33-22)15-8-9-18-19(12-15)32-13-31-18/h3,5-6,8-9,11-12,17H,2,4,7,10,13H2,1H3,(H,24,30)(H,25,27,29). The summed E-state index contributed by atoms with van der Waals surface area (Å²) in [5.41, 5.74) is 2.69. The molecule has 1 fully saturated rings. The number of nitrogens with zero attached hydrogens (tertiary/aromatic N) is 3. The molecule has 2 aliphatic heterocycles. The minimum absolute atomic E-state index is 0.200. The fourth-order valence-corrected chi connectivity index (χ4v) is 4.70. The van der Waals surface area contributed by atoms with E-state index in [2.05, 4.69) is 27.8 Å². The Labute approximate surface area is 194 Å². The number of benzene rings is 2. The van der Waals surface area contributed by atoms with Crippen LogP contribution in [-0.4, -0.2) is 46.4 Å². The average molecular weight is 466 g/mol. The molecule has 170 valence electrons. The number of ether oxygens (including phenoxy) is 2. The van der Waals surface area contributed by atoms with E-state index in [4.69, 9.17) is 9.47 Å². The molecule has 0 spiro atoms. The molecule has 1 saturated heterocycles. The fourth-order valence-electron chi connectivity index (χ4n) is 3.96. The van der Waals surface area contributed by atoms with Gasteiger partial charge in [-0.2, -0.15) is 0 Å². The Kier molecular flexibility index (Phi) is 5.82. The number of carbonyl (C=O) groups excluding carboxylic acids is 2. The van der Waals surface area contributed by atoms with E-state index in [1.807, 2.05) is 42.5 Å². The summed E-state index contributed by atoms with van der Waals surface area (Å²) in [5, 5.41) is 15.1. The molecule has 0 bridgehead atoms. The normalized spacial score (nSPS) is 16.6. The first-order chi connectivity index (χ1) is 16.1. The number of hydrogen-bond acceptors (Lipinski definition) is 7. The summed E-state index contributed by atoms with van der Waals surface area (Å²) in [4.78, 5) is 27.4. The molecule has 1 atom stereocenters. The van der Waals surface area contributed by atoms with E-state index in [1.54, 1.807) is 4.90 Å². The van der Waals surface area contributed by atoms with Crippen LogP contribution in [0.15, 0.2) is 42.5 Å². The molecule has 2 aromatic carbocycles. The summed E-state index contributed by atoms with van der Waals surface area (Å²) < 4.78 is 10.7. The van der Waals surface area contributed by atoms with Gasteiger partial charge in [0.05, 0.1) is 0 Å². The Morgan fingerprint density at radius 2 is 2.00 bits per heavy atom. The zero-order valence-electron chi connectivity index (χ0n) is 18.0. The summed E-state index contributed by atoms with van der Waals surface area (Å²) in [7, 11) is 0. The number of hydrogen-bond donors (Lipinski definition) is 2. The Bertz CT molecular complexity index is 1200. The highest BCUT2D eigenvalue weighted by Gasteiger charge is 2.34. The molecule has 1 unspecified atom stereocenters. The molecule has 2 N–H and O–H groups in total. The number of nitrogens with one attached hydrogen (secondary N) is 2. The van der Waals surface area contributed by atoms with Gasteiger partial charge >= 0.3 is 6.03 Å². The average Bonchev–Trinajstić information content (AvgIpc) is 3.58. The highest BCUT2D eigenvalue weighted by Crippen LogP contribution is 2.37. The third-order valence-corrected chi connectivity index (χ3v) is 6.57. The molecule has 33 heavy (non-hydrogen) atoms. The van der Waals surface area contributed by atoms with Gasteiger partial charge in [0.1, 0.15) is 11.0 Å². The molecule has 3 aromatic rings. The van der Waals surface area contributed by atoms with Gasteiger partial charge in [0.25, 0.3) is 0 Å². The van der Waals surface area contributed by atoms with Gasteiger partial charge < -0.3 is 19.7 Å². The second kappa shape index (κ2) is 9.07. The van der Waals surface area contributed by atoms with Crippen LogP contribution >= 0.6 is 11.3 Å². The van der Waals surface area contributed by atoms with Gasteiger partial charge in [-0.05, 0) is 55.2 Å². The molecule has 9 nitrogen and oxygen atoms in total. The van der Waals surface area contributed by atoms with Gasteiger partial charge in [-0.25, -0.2) is 4.79 Å². The molecule has 2 aliphatic rings. The van der Waals surface area contributed by atoms with Gasteiger partial charge in [0, 0.05) is 17.8 Å². The van der Waals surface area contributed by atoms with Crippen LogP contribution < -0.4 is 20.1 Å². The number of aromatic nitrogens is 2. The van der Waals surface area contributed by atoms with Gasteiger partial charge in [0.2, 0.25) is 17.8 Å². The maximum absolute atomic E-state index is 13.0. The van der Waals surface area contributed by atoms with Crippen LogP contribution in [0, 0.1) is 0 Å². The van der Waals surface area contributed by atoms with Gasteiger partial charge in [-0.3, -0.25) is 10.1 Å². The number of rotatable bonds is 5.